The second-order valence-corrected chi connectivity index (χ2v) is 2.67. The van der Waals surface area contributed by atoms with E-state index in [1.165, 1.54) is 6.42 Å². The molecule has 1 aliphatic rings. The number of epoxide rings is 1. The molecule has 68 valence electrons. The molecule has 1 aliphatic heterocycles. The summed E-state index contributed by atoms with van der Waals surface area (Å²) in [6.07, 6.45) is 1.50. The van der Waals surface area contributed by atoms with Gasteiger partial charge in [0.15, 0.2) is 0 Å². The van der Waals surface area contributed by atoms with Gasteiger partial charge in [-0.05, 0) is 13.3 Å². The van der Waals surface area contributed by atoms with Crippen molar-refractivity contribution < 1.29 is 14.6 Å². The zero-order valence-corrected chi connectivity index (χ0v) is 7.54. The number of methoxy groups -OCH3 is 1. The maximum atomic E-state index is 8.43. The van der Waals surface area contributed by atoms with Crippen LogP contribution >= 0.6 is 0 Å². The van der Waals surface area contributed by atoms with Crippen LogP contribution in [0.3, 0.4) is 0 Å². The lowest BCUT2D eigenvalue weighted by molar-refractivity contribution is 0.0765. The number of hydrogen-bond donors (Lipinski definition) is 1. The molecule has 0 aromatic carbocycles. The van der Waals surface area contributed by atoms with E-state index in [1.807, 2.05) is 0 Å². The number of aliphatic hydroxyl groups excluding tert-OH is 1. The maximum Gasteiger partial charge on any atom is 0.0807 e. The van der Waals surface area contributed by atoms with E-state index in [0.29, 0.717) is 12.7 Å². The Morgan fingerprint density at radius 1 is 1.73 bits per heavy atom. The van der Waals surface area contributed by atoms with E-state index in [1.54, 1.807) is 14.0 Å². The highest BCUT2D eigenvalue weighted by molar-refractivity contribution is 4.64. The van der Waals surface area contributed by atoms with Gasteiger partial charge in [0.05, 0.1) is 25.4 Å². The zero-order chi connectivity index (χ0) is 8.69. The maximum absolute atomic E-state index is 8.43. The topological polar surface area (TPSA) is 42.0 Å². The lowest BCUT2D eigenvalue weighted by Crippen LogP contribution is -2.07. The van der Waals surface area contributed by atoms with Crippen LogP contribution in [0.5, 0.6) is 0 Å². The van der Waals surface area contributed by atoms with Crippen molar-refractivity contribution in [3.8, 4) is 0 Å². The molecule has 0 aromatic heterocycles. The molecule has 0 saturated carbocycles. The smallest absolute Gasteiger partial charge is 0.0807 e. The molecule has 2 atom stereocenters. The van der Waals surface area contributed by atoms with Gasteiger partial charge < -0.3 is 14.6 Å². The first-order valence-electron chi connectivity index (χ1n) is 3.99. The minimum atomic E-state index is -0.324. The van der Waals surface area contributed by atoms with Gasteiger partial charge in [-0.3, -0.25) is 0 Å². The molecule has 1 saturated heterocycles. The van der Waals surface area contributed by atoms with Crippen molar-refractivity contribution in [3.63, 3.8) is 0 Å². The number of rotatable bonds is 3. The molecular formula is C8H18O3. The lowest BCUT2D eigenvalue weighted by Gasteiger charge is -1.97. The van der Waals surface area contributed by atoms with E-state index >= 15 is 0 Å². The van der Waals surface area contributed by atoms with Crippen LogP contribution in [0.4, 0.5) is 0 Å². The van der Waals surface area contributed by atoms with Crippen molar-refractivity contribution in [2.75, 3.05) is 20.3 Å². The summed E-state index contributed by atoms with van der Waals surface area (Å²) >= 11 is 0. The van der Waals surface area contributed by atoms with E-state index in [2.05, 4.69) is 11.7 Å². The third-order valence-corrected chi connectivity index (χ3v) is 1.27. The summed E-state index contributed by atoms with van der Waals surface area (Å²) in [5, 5.41) is 8.43. The summed E-state index contributed by atoms with van der Waals surface area (Å²) in [4.78, 5) is 0. The molecule has 0 aromatic rings. The number of hydrogen-bond acceptors (Lipinski definition) is 3. The Balaban J connectivity index is 0.000000183. The van der Waals surface area contributed by atoms with Crippen LogP contribution in [0.2, 0.25) is 0 Å². The molecule has 0 amide bonds. The summed E-state index contributed by atoms with van der Waals surface area (Å²) in [7, 11) is 1.56. The van der Waals surface area contributed by atoms with Gasteiger partial charge in [-0.1, -0.05) is 6.92 Å². The Kier molecular flexibility index (Phi) is 6.51. The third-order valence-electron chi connectivity index (χ3n) is 1.27. The van der Waals surface area contributed by atoms with E-state index in [0.717, 1.165) is 6.61 Å². The Labute approximate surface area is 68.3 Å². The van der Waals surface area contributed by atoms with Crippen LogP contribution in [-0.4, -0.2) is 37.6 Å². The molecule has 1 heterocycles. The minimum Gasteiger partial charge on any atom is -0.391 e. The quantitative estimate of drug-likeness (QED) is 0.624. The Bertz CT molecular complexity index is 79.4. The second kappa shape index (κ2) is 6.58. The first kappa shape index (κ1) is 10.9. The van der Waals surface area contributed by atoms with Crippen molar-refractivity contribution in [1.82, 2.24) is 0 Å². The van der Waals surface area contributed by atoms with Crippen molar-refractivity contribution in [2.24, 2.45) is 0 Å². The summed E-state index contributed by atoms with van der Waals surface area (Å²) in [6.45, 7) is 5.26. The molecule has 2 unspecified atom stereocenters. The number of aliphatic hydroxyl groups is 1. The average Bonchev–Trinajstić information content (AvgIpc) is 2.69. The van der Waals surface area contributed by atoms with Crippen molar-refractivity contribution in [1.29, 1.82) is 0 Å². The first-order chi connectivity index (χ1) is 5.20. The van der Waals surface area contributed by atoms with E-state index in [9.17, 15) is 0 Å². The van der Waals surface area contributed by atoms with E-state index < -0.39 is 0 Å². The summed E-state index contributed by atoms with van der Waals surface area (Å²) in [5.41, 5.74) is 0. The highest BCUT2D eigenvalue weighted by Gasteiger charge is 2.18. The van der Waals surface area contributed by atoms with Crippen LogP contribution in [-0.2, 0) is 9.47 Å². The standard InChI is InChI=1S/C4H10O2.C4H8O/c1-4(5)3-6-2;1-2-4-3-5-4/h4-5H,3H2,1-2H3;4H,2-3H2,1H3. The van der Waals surface area contributed by atoms with Crippen LogP contribution in [0, 0.1) is 0 Å². The van der Waals surface area contributed by atoms with E-state index in [4.69, 9.17) is 9.84 Å². The van der Waals surface area contributed by atoms with Gasteiger partial charge >= 0.3 is 0 Å². The van der Waals surface area contributed by atoms with Gasteiger partial charge in [0.25, 0.3) is 0 Å². The van der Waals surface area contributed by atoms with Crippen molar-refractivity contribution >= 4 is 0 Å². The molecule has 0 aliphatic carbocycles. The molecule has 0 radical (unpaired) electrons. The molecule has 3 nitrogen and oxygen atoms in total. The van der Waals surface area contributed by atoms with Gasteiger partial charge in [-0.2, -0.15) is 0 Å². The monoisotopic (exact) mass is 162 g/mol. The fraction of sp³-hybridized carbons (Fsp3) is 1.00. The van der Waals surface area contributed by atoms with Crippen molar-refractivity contribution in [2.45, 2.75) is 32.5 Å². The highest BCUT2D eigenvalue weighted by atomic mass is 16.6. The predicted molar refractivity (Wildman–Crippen MR) is 43.6 cm³/mol. The molecule has 3 heteroatoms. The molecular weight excluding hydrogens is 144 g/mol. The van der Waals surface area contributed by atoms with Crippen LogP contribution in [0.15, 0.2) is 0 Å². The Morgan fingerprint density at radius 2 is 2.27 bits per heavy atom. The fourth-order valence-electron chi connectivity index (χ4n) is 0.545. The summed E-state index contributed by atoms with van der Waals surface area (Å²) < 4.78 is 9.41. The average molecular weight is 162 g/mol. The summed E-state index contributed by atoms with van der Waals surface area (Å²) in [5.74, 6) is 0. The zero-order valence-electron chi connectivity index (χ0n) is 7.54. The molecule has 1 rings (SSSR count). The van der Waals surface area contributed by atoms with Crippen molar-refractivity contribution in [3.05, 3.63) is 0 Å². The molecule has 1 fully saturated rings. The van der Waals surface area contributed by atoms with E-state index in [-0.39, 0.29) is 6.10 Å². The highest BCUT2D eigenvalue weighted by Crippen LogP contribution is 2.10. The van der Waals surface area contributed by atoms with Crippen LogP contribution in [0.25, 0.3) is 0 Å². The van der Waals surface area contributed by atoms with Gasteiger partial charge in [-0.25, -0.2) is 0 Å². The molecule has 0 spiro atoms. The van der Waals surface area contributed by atoms with Crippen LogP contribution < -0.4 is 0 Å². The molecule has 0 bridgehead atoms. The van der Waals surface area contributed by atoms with Gasteiger partial charge in [0, 0.05) is 7.11 Å². The first-order valence-corrected chi connectivity index (χ1v) is 3.99. The third kappa shape index (κ3) is 9.88. The Morgan fingerprint density at radius 3 is 2.27 bits per heavy atom. The molecule has 11 heavy (non-hydrogen) atoms. The molecule has 1 N–H and O–H groups in total. The number of ether oxygens (including phenoxy) is 2. The summed E-state index contributed by atoms with van der Waals surface area (Å²) in [6, 6.07) is 0. The fourth-order valence-corrected chi connectivity index (χ4v) is 0.545. The predicted octanol–water partition coefficient (Wildman–Crippen LogP) is 0.809. The normalized spacial score (nSPS) is 23.5. The van der Waals surface area contributed by atoms with Crippen LogP contribution in [0.1, 0.15) is 20.3 Å². The van der Waals surface area contributed by atoms with Gasteiger partial charge in [0.2, 0.25) is 0 Å². The second-order valence-electron chi connectivity index (χ2n) is 2.67. The largest absolute Gasteiger partial charge is 0.391 e. The van der Waals surface area contributed by atoms with Gasteiger partial charge in [-0.15, -0.1) is 0 Å². The SMILES string of the molecule is CCC1CO1.COCC(C)O. The Hall–Kier alpha value is -0.120. The lowest BCUT2D eigenvalue weighted by atomic mass is 10.4. The minimum absolute atomic E-state index is 0.324. The van der Waals surface area contributed by atoms with Gasteiger partial charge in [0.1, 0.15) is 0 Å².